The average molecular weight is 251 g/mol. The van der Waals surface area contributed by atoms with E-state index in [-0.39, 0.29) is 11.6 Å². The van der Waals surface area contributed by atoms with Crippen LogP contribution >= 0.6 is 0 Å². The van der Waals surface area contributed by atoms with Crippen molar-refractivity contribution >= 4 is 0 Å². The van der Waals surface area contributed by atoms with E-state index in [4.69, 9.17) is 5.84 Å². The molecular weight excluding hydrogens is 226 g/mol. The molecule has 2 unspecified atom stereocenters. The molecule has 1 aliphatic rings. The van der Waals surface area contributed by atoms with Gasteiger partial charge >= 0.3 is 0 Å². The van der Waals surface area contributed by atoms with E-state index in [1.54, 1.807) is 0 Å². The van der Waals surface area contributed by atoms with Crippen LogP contribution in [0.3, 0.4) is 0 Å². The zero-order chi connectivity index (χ0) is 13.2. The van der Waals surface area contributed by atoms with Gasteiger partial charge < -0.3 is 0 Å². The topological polar surface area (TPSA) is 59.1 Å². The van der Waals surface area contributed by atoms with Gasteiger partial charge in [0.25, 0.3) is 0 Å². The first-order valence-corrected chi connectivity index (χ1v) is 6.82. The molecule has 102 valence electrons. The van der Waals surface area contributed by atoms with Crippen molar-refractivity contribution in [2.45, 2.75) is 44.7 Å². The predicted octanol–water partition coefficient (Wildman–Crippen LogP) is 1.19. The number of nitrogens with zero attached hydrogens (tertiary/aromatic N) is 3. The molecule has 3 N–H and O–H groups in total. The molecule has 0 saturated carbocycles. The van der Waals surface area contributed by atoms with E-state index in [0.717, 1.165) is 12.1 Å². The minimum Gasteiger partial charge on any atom is -0.296 e. The summed E-state index contributed by atoms with van der Waals surface area (Å²) in [5, 5.41) is 4.26. The van der Waals surface area contributed by atoms with Crippen molar-refractivity contribution < 1.29 is 0 Å². The Balaban J connectivity index is 2.31. The molecule has 0 spiro atoms. The Hall–Kier alpha value is -0.910. The highest BCUT2D eigenvalue weighted by Gasteiger charge is 2.40. The maximum Gasteiger partial charge on any atom is 0.0809 e. The van der Waals surface area contributed by atoms with Crippen LogP contribution < -0.4 is 11.3 Å². The Morgan fingerprint density at radius 2 is 2.17 bits per heavy atom. The van der Waals surface area contributed by atoms with Crippen LogP contribution in [0.5, 0.6) is 0 Å². The maximum atomic E-state index is 5.84. The molecule has 1 aromatic rings. The second-order valence-corrected chi connectivity index (χ2v) is 5.38. The predicted molar refractivity (Wildman–Crippen MR) is 72.8 cm³/mol. The van der Waals surface area contributed by atoms with Crippen molar-refractivity contribution in [2.24, 2.45) is 12.9 Å². The number of aryl methyl sites for hydroxylation is 1. The lowest BCUT2D eigenvalue weighted by Gasteiger charge is -2.44. The van der Waals surface area contributed by atoms with Gasteiger partial charge in [-0.2, -0.15) is 5.10 Å². The first-order chi connectivity index (χ1) is 8.63. The summed E-state index contributed by atoms with van der Waals surface area (Å²) < 4.78 is 1.91. The van der Waals surface area contributed by atoms with Crippen molar-refractivity contribution in [3.8, 4) is 0 Å². The summed E-state index contributed by atoms with van der Waals surface area (Å²) in [5.74, 6) is 5.84. The van der Waals surface area contributed by atoms with Gasteiger partial charge in [-0.1, -0.05) is 6.92 Å². The van der Waals surface area contributed by atoms with E-state index in [2.05, 4.69) is 35.3 Å². The van der Waals surface area contributed by atoms with E-state index in [1.165, 1.54) is 25.9 Å². The van der Waals surface area contributed by atoms with Gasteiger partial charge in [0.1, 0.15) is 0 Å². The fourth-order valence-electron chi connectivity index (χ4n) is 3.09. The highest BCUT2D eigenvalue weighted by atomic mass is 15.3. The fourth-order valence-corrected chi connectivity index (χ4v) is 3.09. The third-order valence-electron chi connectivity index (χ3n) is 4.49. The molecule has 0 amide bonds. The molecular formula is C13H25N5. The van der Waals surface area contributed by atoms with Gasteiger partial charge in [0.15, 0.2) is 0 Å². The summed E-state index contributed by atoms with van der Waals surface area (Å²) in [4.78, 5) is 2.56. The first kappa shape index (κ1) is 13.5. The fraction of sp³-hybridized carbons (Fsp3) is 0.769. The van der Waals surface area contributed by atoms with Crippen LogP contribution in [0.2, 0.25) is 0 Å². The lowest BCUT2D eigenvalue weighted by Crippen LogP contribution is -2.55. The van der Waals surface area contributed by atoms with E-state index in [1.807, 2.05) is 17.9 Å². The Kier molecular flexibility index (Phi) is 4.04. The van der Waals surface area contributed by atoms with Gasteiger partial charge in [-0.3, -0.25) is 15.4 Å². The summed E-state index contributed by atoms with van der Waals surface area (Å²) in [6, 6.07) is 2.15. The van der Waals surface area contributed by atoms with E-state index >= 15 is 0 Å². The van der Waals surface area contributed by atoms with Gasteiger partial charge in [-0.15, -0.1) is 0 Å². The average Bonchev–Trinajstić information content (AvgIpc) is 3.02. The minimum atomic E-state index is 0.0407. The highest BCUT2D eigenvalue weighted by molar-refractivity contribution is 5.14. The summed E-state index contributed by atoms with van der Waals surface area (Å²) in [6.07, 6.45) is 5.48. The second kappa shape index (κ2) is 5.38. The lowest BCUT2D eigenvalue weighted by molar-refractivity contribution is 0.0806. The lowest BCUT2D eigenvalue weighted by atomic mass is 9.85. The van der Waals surface area contributed by atoms with Crippen molar-refractivity contribution in [3.63, 3.8) is 0 Å². The molecule has 18 heavy (non-hydrogen) atoms. The van der Waals surface area contributed by atoms with Crippen LogP contribution in [0.1, 0.15) is 44.8 Å². The van der Waals surface area contributed by atoms with Crippen LogP contribution in [0.4, 0.5) is 0 Å². The monoisotopic (exact) mass is 251 g/mol. The molecule has 5 heteroatoms. The van der Waals surface area contributed by atoms with Gasteiger partial charge in [-0.25, -0.2) is 5.43 Å². The zero-order valence-corrected chi connectivity index (χ0v) is 11.7. The van der Waals surface area contributed by atoms with E-state index < -0.39 is 0 Å². The first-order valence-electron chi connectivity index (χ1n) is 6.82. The van der Waals surface area contributed by atoms with Crippen LogP contribution in [-0.2, 0) is 7.05 Å². The normalized spacial score (nSPS) is 22.0. The number of nitrogens with one attached hydrogen (secondary N) is 1. The molecule has 2 rings (SSSR count). The zero-order valence-electron chi connectivity index (χ0n) is 11.7. The molecule has 1 aliphatic heterocycles. The number of aromatic nitrogens is 2. The molecule has 1 saturated heterocycles. The van der Waals surface area contributed by atoms with Crippen LogP contribution in [0.25, 0.3) is 0 Å². The number of hydrogen-bond donors (Lipinski definition) is 2. The molecule has 0 aliphatic carbocycles. The van der Waals surface area contributed by atoms with Gasteiger partial charge in [-0.05, 0) is 45.3 Å². The van der Waals surface area contributed by atoms with E-state index in [0.29, 0.717) is 0 Å². The number of likely N-dealkylation sites (tertiary alicyclic amines) is 1. The Morgan fingerprint density at radius 3 is 2.61 bits per heavy atom. The quantitative estimate of drug-likeness (QED) is 0.609. The number of hydrogen-bond acceptors (Lipinski definition) is 4. The molecule has 0 aromatic carbocycles. The standard InChI is InChI=1S/C13H25N5/c1-4-13(2,18-9-5-6-10-18)12(16-14)11-7-8-15-17(11)3/h7-8,12,16H,4-6,9-10,14H2,1-3H3. The largest absolute Gasteiger partial charge is 0.296 e. The van der Waals surface area contributed by atoms with Gasteiger partial charge in [0.05, 0.1) is 11.7 Å². The Bertz CT molecular complexity index is 382. The summed E-state index contributed by atoms with van der Waals surface area (Å²) >= 11 is 0. The molecule has 1 fully saturated rings. The van der Waals surface area contributed by atoms with Crippen LogP contribution in [0.15, 0.2) is 12.3 Å². The van der Waals surface area contributed by atoms with Crippen molar-refractivity contribution in [3.05, 3.63) is 18.0 Å². The number of rotatable bonds is 5. The molecule has 0 bridgehead atoms. The molecule has 2 atom stereocenters. The minimum absolute atomic E-state index is 0.0407. The smallest absolute Gasteiger partial charge is 0.0809 e. The van der Waals surface area contributed by atoms with Crippen molar-refractivity contribution in [1.29, 1.82) is 0 Å². The Labute approximate surface area is 109 Å². The molecule has 0 radical (unpaired) electrons. The molecule has 2 heterocycles. The van der Waals surface area contributed by atoms with Gasteiger partial charge in [0, 0.05) is 18.8 Å². The summed E-state index contributed by atoms with van der Waals surface area (Å²) in [5.41, 5.74) is 4.20. The third kappa shape index (κ3) is 2.18. The number of nitrogens with two attached hydrogens (primary N) is 1. The maximum absolute atomic E-state index is 5.84. The summed E-state index contributed by atoms with van der Waals surface area (Å²) in [6.45, 7) is 6.87. The SMILES string of the molecule is CCC(C)(C(NN)c1ccnn1C)N1CCCC1. The van der Waals surface area contributed by atoms with Crippen LogP contribution in [-0.4, -0.2) is 33.3 Å². The second-order valence-electron chi connectivity index (χ2n) is 5.38. The van der Waals surface area contributed by atoms with Crippen molar-refractivity contribution in [2.75, 3.05) is 13.1 Å². The Morgan fingerprint density at radius 1 is 1.50 bits per heavy atom. The molecule has 1 aromatic heterocycles. The van der Waals surface area contributed by atoms with Crippen LogP contribution in [0, 0.1) is 0 Å². The number of hydrazine groups is 1. The van der Waals surface area contributed by atoms with Crippen molar-refractivity contribution in [1.82, 2.24) is 20.1 Å². The molecule has 5 nitrogen and oxygen atoms in total. The highest BCUT2D eigenvalue weighted by Crippen LogP contribution is 2.35. The third-order valence-corrected chi connectivity index (χ3v) is 4.49. The van der Waals surface area contributed by atoms with E-state index in [9.17, 15) is 0 Å². The van der Waals surface area contributed by atoms with Gasteiger partial charge in [0.2, 0.25) is 0 Å². The summed E-state index contributed by atoms with van der Waals surface area (Å²) in [7, 11) is 1.97.